The summed E-state index contributed by atoms with van der Waals surface area (Å²) in [5.41, 5.74) is 9.21. The van der Waals surface area contributed by atoms with Crippen molar-refractivity contribution in [1.29, 1.82) is 0 Å². The third-order valence-corrected chi connectivity index (χ3v) is 5.24. The molecule has 1 aliphatic carbocycles. The lowest BCUT2D eigenvalue weighted by atomic mass is 9.95. The molecule has 27 heavy (non-hydrogen) atoms. The molecule has 1 heterocycles. The number of nitrogens with one attached hydrogen (secondary N) is 1. The number of primary amides is 1. The Morgan fingerprint density at radius 3 is 2.81 bits per heavy atom. The molecule has 1 atom stereocenters. The number of ether oxygens (including phenoxy) is 1. The highest BCUT2D eigenvalue weighted by Gasteiger charge is 2.31. The summed E-state index contributed by atoms with van der Waals surface area (Å²) in [6, 6.07) is 10.3. The zero-order chi connectivity index (χ0) is 19.1. The Bertz CT molecular complexity index is 1080. The van der Waals surface area contributed by atoms with E-state index < -0.39 is 12.1 Å². The van der Waals surface area contributed by atoms with Crippen LogP contribution in [-0.4, -0.2) is 29.0 Å². The van der Waals surface area contributed by atoms with Gasteiger partial charge in [0.25, 0.3) is 0 Å². The lowest BCUT2D eigenvalue weighted by Crippen LogP contribution is -2.19. The minimum atomic E-state index is -0.686. The molecule has 0 saturated heterocycles. The number of carbonyl (C=O) groups excluding carboxylic acids is 2. The van der Waals surface area contributed by atoms with Crippen LogP contribution < -0.4 is 11.1 Å². The first-order valence-corrected chi connectivity index (χ1v) is 8.82. The van der Waals surface area contributed by atoms with Crippen molar-refractivity contribution in [2.75, 3.05) is 12.4 Å². The fourth-order valence-electron chi connectivity index (χ4n) is 3.80. The molecule has 7 nitrogen and oxygen atoms in total. The van der Waals surface area contributed by atoms with Gasteiger partial charge in [0.1, 0.15) is 0 Å². The molecule has 2 amide bonds. The standard InChI is InChI=1S/C19H17ClN4O3/c1-27-19(26)24-15-7-3-6-14(22-18(21)25)16(15)17(23-24)12-9-8-11-10(12)4-2-5-13(11)20/h2-7,12H,8-9H2,1H3,(H3,21,22,25). The van der Waals surface area contributed by atoms with Crippen LogP contribution in [0.5, 0.6) is 0 Å². The van der Waals surface area contributed by atoms with Crippen molar-refractivity contribution < 1.29 is 14.3 Å². The largest absolute Gasteiger partial charge is 0.451 e. The Kier molecular flexibility index (Phi) is 4.24. The SMILES string of the molecule is COC(=O)n1nc(C2CCc3c(Cl)cccc32)c2c(NC(N)=O)cccc21. The molecule has 0 aliphatic heterocycles. The number of methoxy groups -OCH3 is 1. The lowest BCUT2D eigenvalue weighted by molar-refractivity contribution is 0.170. The second kappa shape index (κ2) is 6.59. The highest BCUT2D eigenvalue weighted by Crippen LogP contribution is 2.44. The number of rotatable bonds is 2. The van der Waals surface area contributed by atoms with Crippen molar-refractivity contribution in [3.05, 3.63) is 58.2 Å². The van der Waals surface area contributed by atoms with Gasteiger partial charge in [0.05, 0.1) is 24.0 Å². The van der Waals surface area contributed by atoms with E-state index in [1.165, 1.54) is 11.8 Å². The Morgan fingerprint density at radius 2 is 2.07 bits per heavy atom. The predicted molar refractivity (Wildman–Crippen MR) is 102 cm³/mol. The summed E-state index contributed by atoms with van der Waals surface area (Å²) < 4.78 is 6.07. The predicted octanol–water partition coefficient (Wildman–Crippen LogP) is 3.87. The molecule has 0 fully saturated rings. The second-order valence-corrected chi connectivity index (χ2v) is 6.76. The highest BCUT2D eigenvalue weighted by atomic mass is 35.5. The van der Waals surface area contributed by atoms with Crippen LogP contribution in [-0.2, 0) is 11.2 Å². The fraction of sp³-hybridized carbons (Fsp3) is 0.211. The summed E-state index contributed by atoms with van der Waals surface area (Å²) in [6.07, 6.45) is 1.02. The molecular weight excluding hydrogens is 368 g/mol. The van der Waals surface area contributed by atoms with Crippen molar-refractivity contribution >= 4 is 40.3 Å². The Hall–Kier alpha value is -3.06. The maximum atomic E-state index is 12.2. The molecule has 0 spiro atoms. The van der Waals surface area contributed by atoms with Crippen LogP contribution in [0.1, 0.15) is 29.2 Å². The number of hydrogen-bond donors (Lipinski definition) is 2. The number of fused-ring (bicyclic) bond motifs is 2. The van der Waals surface area contributed by atoms with Gasteiger partial charge >= 0.3 is 12.1 Å². The molecule has 8 heteroatoms. The molecule has 1 aromatic heterocycles. The number of nitrogens with two attached hydrogens (primary N) is 1. The van der Waals surface area contributed by atoms with Crippen LogP contribution in [0, 0.1) is 0 Å². The molecule has 3 aromatic rings. The summed E-state index contributed by atoms with van der Waals surface area (Å²) in [5, 5.41) is 8.56. The maximum Gasteiger partial charge on any atom is 0.434 e. The number of urea groups is 1. The molecular formula is C19H17ClN4O3. The first-order valence-electron chi connectivity index (χ1n) is 8.45. The summed E-state index contributed by atoms with van der Waals surface area (Å²) >= 11 is 6.35. The Morgan fingerprint density at radius 1 is 1.30 bits per heavy atom. The fourth-order valence-corrected chi connectivity index (χ4v) is 4.07. The zero-order valence-corrected chi connectivity index (χ0v) is 15.3. The van der Waals surface area contributed by atoms with Crippen LogP contribution in [0.2, 0.25) is 5.02 Å². The number of amides is 2. The highest BCUT2D eigenvalue weighted by molar-refractivity contribution is 6.31. The molecule has 2 aromatic carbocycles. The summed E-state index contributed by atoms with van der Waals surface area (Å²) in [6.45, 7) is 0. The van der Waals surface area contributed by atoms with Gasteiger partial charge in [-0.15, -0.1) is 0 Å². The second-order valence-electron chi connectivity index (χ2n) is 6.35. The number of carbonyl (C=O) groups is 2. The topological polar surface area (TPSA) is 99.2 Å². The van der Waals surface area contributed by atoms with Gasteiger partial charge in [-0.3, -0.25) is 0 Å². The molecule has 0 bridgehead atoms. The van der Waals surface area contributed by atoms with E-state index in [1.54, 1.807) is 18.2 Å². The van der Waals surface area contributed by atoms with Gasteiger partial charge in [-0.25, -0.2) is 9.59 Å². The number of anilines is 1. The van der Waals surface area contributed by atoms with Crippen LogP contribution >= 0.6 is 11.6 Å². The first kappa shape index (κ1) is 17.4. The van der Waals surface area contributed by atoms with Crippen LogP contribution in [0.15, 0.2) is 36.4 Å². The van der Waals surface area contributed by atoms with E-state index in [0.717, 1.165) is 29.0 Å². The van der Waals surface area contributed by atoms with E-state index in [-0.39, 0.29) is 5.92 Å². The average Bonchev–Trinajstić information content (AvgIpc) is 3.23. The van der Waals surface area contributed by atoms with Gasteiger partial charge in [0.2, 0.25) is 0 Å². The van der Waals surface area contributed by atoms with E-state index in [1.807, 2.05) is 18.2 Å². The normalized spacial score (nSPS) is 15.6. The Balaban J connectivity index is 1.97. The molecule has 1 aliphatic rings. The van der Waals surface area contributed by atoms with Gasteiger partial charge in [-0.2, -0.15) is 9.78 Å². The zero-order valence-electron chi connectivity index (χ0n) is 14.5. The number of nitrogens with zero attached hydrogens (tertiary/aromatic N) is 2. The number of hydrogen-bond acceptors (Lipinski definition) is 4. The van der Waals surface area contributed by atoms with Crippen molar-refractivity contribution in [2.24, 2.45) is 5.73 Å². The molecule has 138 valence electrons. The van der Waals surface area contributed by atoms with E-state index in [0.29, 0.717) is 22.3 Å². The first-order chi connectivity index (χ1) is 13.0. The lowest BCUT2D eigenvalue weighted by Gasteiger charge is -2.12. The molecule has 0 radical (unpaired) electrons. The Labute approximate surface area is 160 Å². The van der Waals surface area contributed by atoms with Crippen molar-refractivity contribution in [3.8, 4) is 0 Å². The van der Waals surface area contributed by atoms with Gasteiger partial charge in [-0.1, -0.05) is 29.8 Å². The van der Waals surface area contributed by atoms with Crippen molar-refractivity contribution in [3.63, 3.8) is 0 Å². The quantitative estimate of drug-likeness (QED) is 0.700. The van der Waals surface area contributed by atoms with Crippen LogP contribution in [0.4, 0.5) is 15.3 Å². The van der Waals surface area contributed by atoms with Crippen molar-refractivity contribution in [1.82, 2.24) is 9.78 Å². The van der Waals surface area contributed by atoms with E-state index >= 15 is 0 Å². The number of aromatic nitrogens is 2. The maximum absolute atomic E-state index is 12.2. The van der Waals surface area contributed by atoms with Crippen molar-refractivity contribution in [2.45, 2.75) is 18.8 Å². The number of halogens is 1. The van der Waals surface area contributed by atoms with Crippen LogP contribution in [0.25, 0.3) is 10.9 Å². The summed E-state index contributed by atoms with van der Waals surface area (Å²) in [7, 11) is 1.30. The molecule has 0 saturated carbocycles. The van der Waals surface area contributed by atoms with Crippen LogP contribution in [0.3, 0.4) is 0 Å². The van der Waals surface area contributed by atoms with E-state index in [9.17, 15) is 9.59 Å². The van der Waals surface area contributed by atoms with Gasteiger partial charge < -0.3 is 15.8 Å². The smallest absolute Gasteiger partial charge is 0.434 e. The third-order valence-electron chi connectivity index (χ3n) is 4.88. The van der Waals surface area contributed by atoms with Gasteiger partial charge in [0.15, 0.2) is 0 Å². The summed E-state index contributed by atoms with van der Waals surface area (Å²) in [4.78, 5) is 23.7. The summed E-state index contributed by atoms with van der Waals surface area (Å²) in [5.74, 6) is -0.0528. The average molecular weight is 385 g/mol. The third kappa shape index (κ3) is 2.80. The monoisotopic (exact) mass is 384 g/mol. The molecule has 4 rings (SSSR count). The van der Waals surface area contributed by atoms with E-state index in [2.05, 4.69) is 10.4 Å². The van der Waals surface area contributed by atoms with E-state index in [4.69, 9.17) is 22.1 Å². The van der Waals surface area contributed by atoms with Gasteiger partial charge in [0, 0.05) is 16.3 Å². The minimum absolute atomic E-state index is 0.0528. The number of benzene rings is 2. The minimum Gasteiger partial charge on any atom is -0.451 e. The van der Waals surface area contributed by atoms with Gasteiger partial charge in [-0.05, 0) is 42.2 Å². The molecule has 1 unspecified atom stereocenters. The molecule has 3 N–H and O–H groups in total.